The van der Waals surface area contributed by atoms with Crippen LogP contribution in [0.15, 0.2) is 29.0 Å². The number of hydrogen-bond acceptors (Lipinski definition) is 4. The van der Waals surface area contributed by atoms with Crippen LogP contribution in [-0.4, -0.2) is 22.9 Å². The third-order valence-electron chi connectivity index (χ3n) is 3.30. The van der Waals surface area contributed by atoms with Crippen LogP contribution in [0.5, 0.6) is 11.5 Å². The lowest BCUT2D eigenvalue weighted by Crippen LogP contribution is -2.18. The standard InChI is InChI=1S/C14H16BrN3O2/c1-18-5-4-17-14(18)2-3-16-8-10-6-12-13(7-11(10)15)20-9-19-12/h4-7,16H,2-3,8-9H2,1H3. The van der Waals surface area contributed by atoms with Crippen LogP contribution in [0.1, 0.15) is 11.4 Å². The second kappa shape index (κ2) is 5.85. The van der Waals surface area contributed by atoms with Crippen LogP contribution in [0, 0.1) is 0 Å². The summed E-state index contributed by atoms with van der Waals surface area (Å²) in [4.78, 5) is 4.30. The normalized spacial score (nSPS) is 12.9. The smallest absolute Gasteiger partial charge is 0.231 e. The summed E-state index contributed by atoms with van der Waals surface area (Å²) in [6.45, 7) is 1.96. The SMILES string of the molecule is Cn1ccnc1CCNCc1cc2c(cc1Br)OCO2. The van der Waals surface area contributed by atoms with Crippen LogP contribution >= 0.6 is 15.9 Å². The number of aryl methyl sites for hydroxylation is 1. The molecule has 1 aromatic heterocycles. The van der Waals surface area contributed by atoms with Gasteiger partial charge in [-0.15, -0.1) is 0 Å². The molecule has 20 heavy (non-hydrogen) atoms. The fourth-order valence-electron chi connectivity index (χ4n) is 2.16. The lowest BCUT2D eigenvalue weighted by atomic mass is 10.2. The van der Waals surface area contributed by atoms with Crippen LogP contribution in [0.3, 0.4) is 0 Å². The molecule has 1 aliphatic heterocycles. The van der Waals surface area contributed by atoms with Crippen LogP contribution in [0.2, 0.25) is 0 Å². The van der Waals surface area contributed by atoms with Gasteiger partial charge in [0, 0.05) is 43.4 Å². The molecule has 106 valence electrons. The number of nitrogens with zero attached hydrogens (tertiary/aromatic N) is 2. The fraction of sp³-hybridized carbons (Fsp3) is 0.357. The van der Waals surface area contributed by atoms with Crippen molar-refractivity contribution < 1.29 is 9.47 Å². The molecule has 0 amide bonds. The Bertz CT molecular complexity index is 612. The van der Waals surface area contributed by atoms with Gasteiger partial charge in [0.05, 0.1) is 0 Å². The summed E-state index contributed by atoms with van der Waals surface area (Å²) >= 11 is 3.56. The predicted molar refractivity (Wildman–Crippen MR) is 78.9 cm³/mol. The lowest BCUT2D eigenvalue weighted by Gasteiger charge is -2.08. The van der Waals surface area contributed by atoms with Gasteiger partial charge in [0.25, 0.3) is 0 Å². The summed E-state index contributed by atoms with van der Waals surface area (Å²) in [5, 5.41) is 3.42. The highest BCUT2D eigenvalue weighted by molar-refractivity contribution is 9.10. The zero-order valence-electron chi connectivity index (χ0n) is 11.2. The van der Waals surface area contributed by atoms with E-state index < -0.39 is 0 Å². The Morgan fingerprint density at radius 1 is 1.35 bits per heavy atom. The van der Waals surface area contributed by atoms with Gasteiger partial charge in [-0.05, 0) is 17.7 Å². The number of nitrogens with one attached hydrogen (secondary N) is 1. The fourth-order valence-corrected chi connectivity index (χ4v) is 2.62. The van der Waals surface area contributed by atoms with Gasteiger partial charge in [-0.25, -0.2) is 4.98 Å². The Morgan fingerprint density at radius 3 is 2.90 bits per heavy atom. The Hall–Kier alpha value is -1.53. The average molecular weight is 338 g/mol. The number of imidazole rings is 1. The molecule has 0 fully saturated rings. The van der Waals surface area contributed by atoms with Gasteiger partial charge in [0.1, 0.15) is 5.82 Å². The van der Waals surface area contributed by atoms with Crippen molar-refractivity contribution in [1.82, 2.24) is 14.9 Å². The van der Waals surface area contributed by atoms with Crippen molar-refractivity contribution >= 4 is 15.9 Å². The molecular formula is C14H16BrN3O2. The first-order chi connectivity index (χ1) is 9.74. The van der Waals surface area contributed by atoms with E-state index >= 15 is 0 Å². The molecule has 0 bridgehead atoms. The maximum Gasteiger partial charge on any atom is 0.231 e. The first kappa shape index (κ1) is 13.5. The van der Waals surface area contributed by atoms with Gasteiger partial charge in [0.2, 0.25) is 6.79 Å². The maximum absolute atomic E-state index is 5.39. The molecule has 6 heteroatoms. The van der Waals surface area contributed by atoms with E-state index in [0.717, 1.165) is 46.9 Å². The molecule has 0 atom stereocenters. The Labute approximate surface area is 126 Å². The average Bonchev–Trinajstić information content (AvgIpc) is 3.03. The quantitative estimate of drug-likeness (QED) is 0.850. The molecule has 2 aromatic rings. The largest absolute Gasteiger partial charge is 0.454 e. The summed E-state index contributed by atoms with van der Waals surface area (Å²) < 4.78 is 13.8. The molecular weight excluding hydrogens is 322 g/mol. The monoisotopic (exact) mass is 337 g/mol. The van der Waals surface area contributed by atoms with Gasteiger partial charge in [-0.2, -0.15) is 0 Å². The van der Waals surface area contributed by atoms with E-state index in [0.29, 0.717) is 6.79 Å². The number of benzene rings is 1. The van der Waals surface area contributed by atoms with Crippen molar-refractivity contribution in [3.05, 3.63) is 40.4 Å². The summed E-state index contributed by atoms with van der Waals surface area (Å²) in [7, 11) is 2.01. The summed E-state index contributed by atoms with van der Waals surface area (Å²) in [6.07, 6.45) is 4.69. The number of rotatable bonds is 5. The lowest BCUT2D eigenvalue weighted by molar-refractivity contribution is 0.174. The summed E-state index contributed by atoms with van der Waals surface area (Å²) in [5.74, 6) is 2.70. The van der Waals surface area contributed by atoms with Crippen molar-refractivity contribution in [2.75, 3.05) is 13.3 Å². The number of ether oxygens (including phenoxy) is 2. The molecule has 3 rings (SSSR count). The molecule has 0 radical (unpaired) electrons. The Balaban J connectivity index is 1.55. The minimum Gasteiger partial charge on any atom is -0.454 e. The van der Waals surface area contributed by atoms with Gasteiger partial charge < -0.3 is 19.4 Å². The molecule has 0 saturated carbocycles. The number of hydrogen-bond donors (Lipinski definition) is 1. The first-order valence-corrected chi connectivity index (χ1v) is 7.28. The van der Waals surface area contributed by atoms with Crippen molar-refractivity contribution in [2.45, 2.75) is 13.0 Å². The van der Waals surface area contributed by atoms with Gasteiger partial charge in [-0.1, -0.05) is 15.9 Å². The first-order valence-electron chi connectivity index (χ1n) is 6.49. The predicted octanol–water partition coefficient (Wildman–Crippen LogP) is 2.24. The van der Waals surface area contributed by atoms with E-state index in [4.69, 9.17) is 9.47 Å². The minimum absolute atomic E-state index is 0.303. The topological polar surface area (TPSA) is 48.3 Å². The molecule has 1 aliphatic rings. The molecule has 1 N–H and O–H groups in total. The minimum atomic E-state index is 0.303. The van der Waals surface area contributed by atoms with Crippen molar-refractivity contribution in [3.63, 3.8) is 0 Å². The van der Waals surface area contributed by atoms with E-state index in [1.54, 1.807) is 0 Å². The molecule has 0 saturated heterocycles. The molecule has 5 nitrogen and oxygen atoms in total. The second-order valence-electron chi connectivity index (χ2n) is 4.68. The third-order valence-corrected chi connectivity index (χ3v) is 4.04. The highest BCUT2D eigenvalue weighted by atomic mass is 79.9. The highest BCUT2D eigenvalue weighted by Gasteiger charge is 2.15. The van der Waals surface area contributed by atoms with Gasteiger partial charge >= 0.3 is 0 Å². The summed E-state index contributed by atoms with van der Waals surface area (Å²) in [5.41, 5.74) is 1.16. The van der Waals surface area contributed by atoms with E-state index in [9.17, 15) is 0 Å². The molecule has 0 unspecified atom stereocenters. The molecule has 2 heterocycles. The Kier molecular flexibility index (Phi) is 3.93. The summed E-state index contributed by atoms with van der Waals surface area (Å²) in [6, 6.07) is 3.97. The van der Waals surface area contributed by atoms with Gasteiger partial charge in [-0.3, -0.25) is 0 Å². The number of fused-ring (bicyclic) bond motifs is 1. The van der Waals surface area contributed by atoms with Gasteiger partial charge in [0.15, 0.2) is 11.5 Å². The van der Waals surface area contributed by atoms with Crippen LogP contribution in [0.25, 0.3) is 0 Å². The van der Waals surface area contributed by atoms with Crippen LogP contribution in [0.4, 0.5) is 0 Å². The zero-order chi connectivity index (χ0) is 13.9. The van der Waals surface area contributed by atoms with Crippen LogP contribution in [-0.2, 0) is 20.0 Å². The molecule has 1 aromatic carbocycles. The van der Waals surface area contributed by atoms with Crippen molar-refractivity contribution in [3.8, 4) is 11.5 Å². The molecule has 0 aliphatic carbocycles. The highest BCUT2D eigenvalue weighted by Crippen LogP contribution is 2.36. The van der Waals surface area contributed by atoms with E-state index in [-0.39, 0.29) is 0 Å². The van der Waals surface area contributed by atoms with E-state index in [2.05, 4.69) is 26.2 Å². The zero-order valence-corrected chi connectivity index (χ0v) is 12.8. The third kappa shape index (κ3) is 2.81. The number of halogens is 1. The van der Waals surface area contributed by atoms with Crippen molar-refractivity contribution in [1.29, 1.82) is 0 Å². The van der Waals surface area contributed by atoms with E-state index in [1.165, 1.54) is 0 Å². The van der Waals surface area contributed by atoms with Crippen LogP contribution < -0.4 is 14.8 Å². The second-order valence-corrected chi connectivity index (χ2v) is 5.53. The maximum atomic E-state index is 5.39. The Morgan fingerprint density at radius 2 is 2.15 bits per heavy atom. The van der Waals surface area contributed by atoms with E-state index in [1.807, 2.05) is 36.1 Å². The molecule has 0 spiro atoms. The number of aromatic nitrogens is 2. The van der Waals surface area contributed by atoms with Crippen molar-refractivity contribution in [2.24, 2.45) is 7.05 Å².